The van der Waals surface area contributed by atoms with Gasteiger partial charge in [-0.3, -0.25) is 0 Å². The minimum Gasteiger partial charge on any atom is -0.229 e. The van der Waals surface area contributed by atoms with E-state index in [2.05, 4.69) is 0 Å². The Labute approximate surface area is 98.6 Å². The molecule has 2 rings (SSSR count). The molecule has 0 saturated heterocycles. The van der Waals surface area contributed by atoms with Crippen molar-refractivity contribution in [1.29, 1.82) is 0 Å². The van der Waals surface area contributed by atoms with E-state index in [4.69, 9.17) is 0 Å². The van der Waals surface area contributed by atoms with Crippen LogP contribution >= 0.6 is 0 Å². The van der Waals surface area contributed by atoms with E-state index in [-0.39, 0.29) is 9.80 Å². The van der Waals surface area contributed by atoms with E-state index in [9.17, 15) is 21.2 Å². The highest BCUT2D eigenvalue weighted by atomic mass is 32.2. The van der Waals surface area contributed by atoms with Gasteiger partial charge in [-0.1, -0.05) is 6.07 Å². The van der Waals surface area contributed by atoms with Gasteiger partial charge in [0, 0.05) is 6.26 Å². The molecule has 0 aromatic heterocycles. The van der Waals surface area contributed by atoms with Crippen LogP contribution in [0, 0.1) is 5.82 Å². The first-order valence-electron chi connectivity index (χ1n) is 4.63. The molecule has 0 unspecified atom stereocenters. The van der Waals surface area contributed by atoms with Gasteiger partial charge < -0.3 is 0 Å². The topological polar surface area (TPSA) is 68.3 Å². The Bertz CT molecular complexity index is 715. The zero-order chi connectivity index (χ0) is 12.8. The fourth-order valence-electron chi connectivity index (χ4n) is 1.63. The fourth-order valence-corrected chi connectivity index (χ4v) is 4.76. The molecule has 0 N–H and O–H groups in total. The lowest BCUT2D eigenvalue weighted by atomic mass is 10.2. The Kier molecular flexibility index (Phi) is 2.62. The molecule has 0 spiro atoms. The highest BCUT2D eigenvalue weighted by molar-refractivity contribution is 7.98. The van der Waals surface area contributed by atoms with E-state index < -0.39 is 31.2 Å². The molecule has 0 amide bonds. The quantitative estimate of drug-likeness (QED) is 0.808. The molecule has 17 heavy (non-hydrogen) atoms. The number of fused-ring (bicyclic) bond motifs is 1. The molecule has 0 atom stereocenters. The van der Waals surface area contributed by atoms with E-state index in [1.807, 2.05) is 0 Å². The first-order chi connectivity index (χ1) is 7.70. The van der Waals surface area contributed by atoms with Crippen LogP contribution in [0.4, 0.5) is 4.39 Å². The Morgan fingerprint density at radius 1 is 1.29 bits per heavy atom. The highest BCUT2D eigenvalue weighted by Crippen LogP contribution is 2.33. The summed E-state index contributed by atoms with van der Waals surface area (Å²) in [6, 6.07) is 3.35. The number of halogens is 1. The predicted molar refractivity (Wildman–Crippen MR) is 61.3 cm³/mol. The molecule has 0 radical (unpaired) electrons. The second kappa shape index (κ2) is 3.64. The molecular formula is C10H9FO4S2. The lowest BCUT2D eigenvalue weighted by Gasteiger charge is -2.02. The second-order valence-corrected chi connectivity index (χ2v) is 7.98. The van der Waals surface area contributed by atoms with E-state index >= 15 is 0 Å². The standard InChI is InChI=1S/C10H9FO4S2/c1-16(12,13)6-9-4-7-2-3-8(11)5-10(7)17(9,14)15/h2-5H,6H2,1H3. The van der Waals surface area contributed by atoms with Crippen molar-refractivity contribution in [2.75, 3.05) is 12.0 Å². The van der Waals surface area contributed by atoms with E-state index in [0.29, 0.717) is 5.56 Å². The molecule has 0 bridgehead atoms. The van der Waals surface area contributed by atoms with Crippen molar-refractivity contribution in [2.45, 2.75) is 4.90 Å². The monoisotopic (exact) mass is 276 g/mol. The highest BCUT2D eigenvalue weighted by Gasteiger charge is 2.31. The number of benzene rings is 1. The summed E-state index contributed by atoms with van der Waals surface area (Å²) in [7, 11) is -7.31. The second-order valence-electron chi connectivity index (χ2n) is 3.87. The molecule has 1 aromatic rings. The van der Waals surface area contributed by atoms with Crippen molar-refractivity contribution in [3.63, 3.8) is 0 Å². The van der Waals surface area contributed by atoms with Crippen LogP contribution in [0.25, 0.3) is 6.08 Å². The average molecular weight is 276 g/mol. The third-order valence-electron chi connectivity index (χ3n) is 2.33. The van der Waals surface area contributed by atoms with Gasteiger partial charge in [0.25, 0.3) is 0 Å². The maximum atomic E-state index is 13.0. The number of hydrogen-bond donors (Lipinski definition) is 0. The van der Waals surface area contributed by atoms with E-state index in [1.54, 1.807) is 0 Å². The summed E-state index contributed by atoms with van der Waals surface area (Å²) in [5.41, 5.74) is 0.324. The number of hydrogen-bond acceptors (Lipinski definition) is 4. The molecule has 4 nitrogen and oxygen atoms in total. The van der Waals surface area contributed by atoms with Crippen molar-refractivity contribution in [3.05, 3.63) is 34.5 Å². The summed E-state index contributed by atoms with van der Waals surface area (Å²) in [4.78, 5) is -0.378. The summed E-state index contributed by atoms with van der Waals surface area (Å²) in [6.45, 7) is 0. The van der Waals surface area contributed by atoms with Crippen molar-refractivity contribution in [2.24, 2.45) is 0 Å². The third kappa shape index (κ3) is 2.25. The van der Waals surface area contributed by atoms with Gasteiger partial charge in [0.2, 0.25) is 9.84 Å². The van der Waals surface area contributed by atoms with Crippen LogP contribution in [0.3, 0.4) is 0 Å². The lowest BCUT2D eigenvalue weighted by Crippen LogP contribution is -2.11. The third-order valence-corrected chi connectivity index (χ3v) is 5.23. The van der Waals surface area contributed by atoms with Crippen molar-refractivity contribution in [3.8, 4) is 0 Å². The van der Waals surface area contributed by atoms with Crippen LogP contribution in [0.1, 0.15) is 5.56 Å². The summed E-state index contributed by atoms with van der Waals surface area (Å²) in [5, 5.41) is 0. The van der Waals surface area contributed by atoms with Crippen LogP contribution in [0.5, 0.6) is 0 Å². The predicted octanol–water partition coefficient (Wildman–Crippen LogP) is 0.999. The van der Waals surface area contributed by atoms with Crippen LogP contribution in [0.2, 0.25) is 0 Å². The van der Waals surface area contributed by atoms with Crippen LogP contribution in [-0.2, 0) is 19.7 Å². The average Bonchev–Trinajstić information content (AvgIpc) is 2.38. The van der Waals surface area contributed by atoms with Gasteiger partial charge in [0.1, 0.15) is 5.82 Å². The molecule has 1 aromatic carbocycles. The van der Waals surface area contributed by atoms with Crippen LogP contribution < -0.4 is 0 Å². The molecule has 1 aliphatic rings. The molecule has 0 aliphatic carbocycles. The minimum atomic E-state index is -3.86. The lowest BCUT2D eigenvalue weighted by molar-refractivity contribution is 0.593. The van der Waals surface area contributed by atoms with Gasteiger partial charge in [-0.15, -0.1) is 0 Å². The summed E-state index contributed by atoms with van der Waals surface area (Å²) < 4.78 is 59.0. The normalized spacial score (nSPS) is 17.6. The first kappa shape index (κ1) is 12.3. The zero-order valence-electron chi connectivity index (χ0n) is 8.84. The molecular weight excluding hydrogens is 267 g/mol. The summed E-state index contributed by atoms with van der Waals surface area (Å²) in [5.74, 6) is -1.23. The van der Waals surface area contributed by atoms with Crippen molar-refractivity contribution in [1.82, 2.24) is 0 Å². The van der Waals surface area contributed by atoms with Gasteiger partial charge >= 0.3 is 0 Å². The molecule has 1 aliphatic heterocycles. The first-order valence-corrected chi connectivity index (χ1v) is 8.17. The van der Waals surface area contributed by atoms with Crippen LogP contribution in [0.15, 0.2) is 28.0 Å². The smallest absolute Gasteiger partial charge is 0.204 e. The van der Waals surface area contributed by atoms with Crippen LogP contribution in [-0.4, -0.2) is 28.8 Å². The molecule has 0 saturated carbocycles. The molecule has 0 fully saturated rings. The Balaban J connectivity index is 2.58. The van der Waals surface area contributed by atoms with Gasteiger partial charge in [0.15, 0.2) is 9.84 Å². The molecule has 7 heteroatoms. The Morgan fingerprint density at radius 3 is 2.53 bits per heavy atom. The van der Waals surface area contributed by atoms with Gasteiger partial charge in [-0.2, -0.15) is 0 Å². The Morgan fingerprint density at radius 2 is 1.94 bits per heavy atom. The molecule has 1 heterocycles. The van der Waals surface area contributed by atoms with Gasteiger partial charge in [-0.05, 0) is 23.8 Å². The van der Waals surface area contributed by atoms with E-state index in [1.165, 1.54) is 12.1 Å². The summed E-state index contributed by atoms with van der Waals surface area (Å²) in [6.07, 6.45) is 2.22. The molecule has 92 valence electrons. The number of rotatable bonds is 2. The largest absolute Gasteiger partial charge is 0.229 e. The number of sulfone groups is 2. The fraction of sp³-hybridized carbons (Fsp3) is 0.200. The SMILES string of the molecule is CS(=O)(=O)CC1=Cc2ccc(F)cc2S1(=O)=O. The Hall–Kier alpha value is -1.21. The minimum absolute atomic E-state index is 0.170. The zero-order valence-corrected chi connectivity index (χ0v) is 10.5. The summed E-state index contributed by atoms with van der Waals surface area (Å²) >= 11 is 0. The van der Waals surface area contributed by atoms with Crippen molar-refractivity contribution < 1.29 is 21.2 Å². The van der Waals surface area contributed by atoms with E-state index in [0.717, 1.165) is 18.4 Å². The maximum Gasteiger partial charge on any atom is 0.204 e. The van der Waals surface area contributed by atoms with Gasteiger partial charge in [0.05, 0.1) is 15.6 Å². The van der Waals surface area contributed by atoms with Gasteiger partial charge in [-0.25, -0.2) is 21.2 Å². The maximum absolute atomic E-state index is 13.0. The van der Waals surface area contributed by atoms with Crippen molar-refractivity contribution >= 4 is 25.8 Å².